The van der Waals surface area contributed by atoms with E-state index >= 15 is 0 Å². The van der Waals surface area contributed by atoms with E-state index in [-0.39, 0.29) is 5.91 Å². The molecular formula is C24H23N5O. The van der Waals surface area contributed by atoms with Crippen LogP contribution in [0.25, 0.3) is 11.0 Å². The van der Waals surface area contributed by atoms with Crippen LogP contribution in [0.2, 0.25) is 0 Å². The van der Waals surface area contributed by atoms with Gasteiger partial charge in [0.2, 0.25) is 0 Å². The molecule has 0 unspecified atom stereocenters. The number of carbonyl (C=O) groups excluding carboxylic acids is 1. The minimum atomic E-state index is 0.107. The van der Waals surface area contributed by atoms with Crippen LogP contribution in [0.1, 0.15) is 40.4 Å². The van der Waals surface area contributed by atoms with E-state index < -0.39 is 0 Å². The second kappa shape index (κ2) is 8.06. The summed E-state index contributed by atoms with van der Waals surface area (Å²) in [6.07, 6.45) is 9.13. The normalized spacial score (nSPS) is 14.9. The molecule has 0 bridgehead atoms. The smallest absolute Gasteiger partial charge is 0.253 e. The lowest BCUT2D eigenvalue weighted by Crippen LogP contribution is -2.38. The number of hydrogen-bond donors (Lipinski definition) is 0. The number of pyridine rings is 2. The third-order valence-electron chi connectivity index (χ3n) is 5.81. The second-order valence-corrected chi connectivity index (χ2v) is 7.78. The molecule has 30 heavy (non-hydrogen) atoms. The summed E-state index contributed by atoms with van der Waals surface area (Å²) < 4.78 is 2.01. The minimum absolute atomic E-state index is 0.107. The average molecular weight is 397 g/mol. The lowest BCUT2D eigenvalue weighted by Gasteiger charge is -2.32. The number of benzene rings is 1. The van der Waals surface area contributed by atoms with Crippen LogP contribution in [0.3, 0.4) is 0 Å². The van der Waals surface area contributed by atoms with Crippen LogP contribution in [0.5, 0.6) is 0 Å². The zero-order chi connectivity index (χ0) is 20.3. The topological polar surface area (TPSA) is 63.9 Å². The molecule has 0 aliphatic carbocycles. The van der Waals surface area contributed by atoms with Crippen molar-refractivity contribution in [2.45, 2.75) is 25.3 Å². The molecule has 0 atom stereocenters. The fourth-order valence-corrected chi connectivity index (χ4v) is 4.10. The number of nitrogens with zero attached hydrogens (tertiary/aromatic N) is 5. The zero-order valence-electron chi connectivity index (χ0n) is 16.7. The molecule has 3 aromatic heterocycles. The van der Waals surface area contributed by atoms with Gasteiger partial charge >= 0.3 is 0 Å². The fraction of sp³-hybridized carbons (Fsp3) is 0.250. The summed E-state index contributed by atoms with van der Waals surface area (Å²) in [6.45, 7) is 2.26. The van der Waals surface area contributed by atoms with Gasteiger partial charge in [-0.25, -0.2) is 15.0 Å². The van der Waals surface area contributed by atoms with Crippen molar-refractivity contribution in [1.82, 2.24) is 24.4 Å². The van der Waals surface area contributed by atoms with E-state index in [1.54, 1.807) is 18.7 Å². The van der Waals surface area contributed by atoms with E-state index in [1.807, 2.05) is 52.1 Å². The van der Waals surface area contributed by atoms with Crippen molar-refractivity contribution in [2.75, 3.05) is 13.1 Å². The van der Waals surface area contributed by atoms with Crippen molar-refractivity contribution in [3.63, 3.8) is 0 Å². The first kappa shape index (κ1) is 18.5. The van der Waals surface area contributed by atoms with E-state index in [0.29, 0.717) is 5.92 Å². The van der Waals surface area contributed by atoms with Crippen LogP contribution < -0.4 is 0 Å². The Morgan fingerprint density at radius 3 is 2.60 bits per heavy atom. The van der Waals surface area contributed by atoms with Crippen LogP contribution in [0.4, 0.5) is 0 Å². The summed E-state index contributed by atoms with van der Waals surface area (Å²) in [6, 6.07) is 16.0. The van der Waals surface area contributed by atoms with Gasteiger partial charge in [0.05, 0.1) is 6.33 Å². The Hall–Kier alpha value is -3.54. The largest absolute Gasteiger partial charge is 0.339 e. The number of carbonyl (C=O) groups is 1. The molecule has 5 rings (SSSR count). The Bertz CT molecular complexity index is 1150. The highest BCUT2D eigenvalue weighted by Crippen LogP contribution is 2.28. The van der Waals surface area contributed by atoms with Gasteiger partial charge in [-0.1, -0.05) is 12.1 Å². The molecule has 6 nitrogen and oxygen atoms in total. The Morgan fingerprint density at radius 2 is 1.83 bits per heavy atom. The molecular weight excluding hydrogens is 374 g/mol. The van der Waals surface area contributed by atoms with Crippen LogP contribution >= 0.6 is 0 Å². The summed E-state index contributed by atoms with van der Waals surface area (Å²) in [5, 5.41) is 1.06. The van der Waals surface area contributed by atoms with Crippen molar-refractivity contribution in [1.29, 1.82) is 0 Å². The number of likely N-dealkylation sites (tertiary alicyclic amines) is 1. The monoisotopic (exact) mass is 397 g/mol. The van der Waals surface area contributed by atoms with E-state index in [1.165, 1.54) is 0 Å². The number of piperidine rings is 1. The number of hydrogen-bond acceptors (Lipinski definition) is 4. The van der Waals surface area contributed by atoms with Crippen molar-refractivity contribution < 1.29 is 4.79 Å². The maximum absolute atomic E-state index is 12.9. The third-order valence-corrected chi connectivity index (χ3v) is 5.81. The predicted molar refractivity (Wildman–Crippen MR) is 115 cm³/mol. The SMILES string of the molecule is O=C(c1ccc(Cn2ccnc2)cc1)N1CCC(c2ccc3cccnc3n2)CC1. The predicted octanol–water partition coefficient (Wildman–Crippen LogP) is 3.89. The van der Waals surface area contributed by atoms with Crippen molar-refractivity contribution in [3.8, 4) is 0 Å². The van der Waals surface area contributed by atoms with Crippen molar-refractivity contribution >= 4 is 16.9 Å². The molecule has 1 aromatic carbocycles. The van der Waals surface area contributed by atoms with E-state index in [9.17, 15) is 4.79 Å². The van der Waals surface area contributed by atoms with Crippen LogP contribution in [-0.4, -0.2) is 43.4 Å². The summed E-state index contributed by atoms with van der Waals surface area (Å²) in [4.78, 5) is 28.1. The van der Waals surface area contributed by atoms with Crippen LogP contribution in [0, 0.1) is 0 Å². The number of imidazole rings is 1. The van der Waals surface area contributed by atoms with Gasteiger partial charge in [0.15, 0.2) is 5.65 Å². The molecule has 0 spiro atoms. The molecule has 0 saturated carbocycles. The molecule has 0 N–H and O–H groups in total. The molecule has 1 aliphatic heterocycles. The quantitative estimate of drug-likeness (QED) is 0.524. The summed E-state index contributed by atoms with van der Waals surface area (Å²) in [5.41, 5.74) is 3.77. The van der Waals surface area contributed by atoms with Crippen molar-refractivity contribution in [2.24, 2.45) is 0 Å². The van der Waals surface area contributed by atoms with Gasteiger partial charge in [-0.2, -0.15) is 0 Å². The zero-order valence-corrected chi connectivity index (χ0v) is 16.7. The third kappa shape index (κ3) is 3.81. The highest BCUT2D eigenvalue weighted by Gasteiger charge is 2.25. The molecule has 1 amide bonds. The van der Waals surface area contributed by atoms with Gasteiger partial charge in [-0.05, 0) is 54.8 Å². The molecule has 4 heterocycles. The highest BCUT2D eigenvalue weighted by molar-refractivity contribution is 5.94. The molecule has 1 saturated heterocycles. The van der Waals surface area contributed by atoms with E-state index in [0.717, 1.165) is 60.3 Å². The molecule has 6 heteroatoms. The Morgan fingerprint density at radius 1 is 1.00 bits per heavy atom. The minimum Gasteiger partial charge on any atom is -0.339 e. The first-order chi connectivity index (χ1) is 14.8. The van der Waals surface area contributed by atoms with Gasteiger partial charge in [0.25, 0.3) is 5.91 Å². The highest BCUT2D eigenvalue weighted by atomic mass is 16.2. The summed E-state index contributed by atoms with van der Waals surface area (Å²) in [7, 11) is 0. The molecule has 150 valence electrons. The van der Waals surface area contributed by atoms with Gasteiger partial charge in [0.1, 0.15) is 0 Å². The maximum atomic E-state index is 12.9. The first-order valence-electron chi connectivity index (χ1n) is 10.3. The van der Waals surface area contributed by atoms with Gasteiger partial charge in [-0.15, -0.1) is 0 Å². The number of amides is 1. The van der Waals surface area contributed by atoms with E-state index in [4.69, 9.17) is 4.98 Å². The molecule has 1 aliphatic rings. The maximum Gasteiger partial charge on any atom is 0.253 e. The molecule has 0 radical (unpaired) electrons. The first-order valence-corrected chi connectivity index (χ1v) is 10.3. The molecule has 4 aromatic rings. The number of rotatable bonds is 4. The fourth-order valence-electron chi connectivity index (χ4n) is 4.10. The van der Waals surface area contributed by atoms with Crippen molar-refractivity contribution in [3.05, 3.63) is 90.3 Å². The number of aromatic nitrogens is 4. The lowest BCUT2D eigenvalue weighted by atomic mass is 9.92. The van der Waals surface area contributed by atoms with Gasteiger partial charge in [-0.3, -0.25) is 4.79 Å². The summed E-state index contributed by atoms with van der Waals surface area (Å²) >= 11 is 0. The van der Waals surface area contributed by atoms with E-state index in [2.05, 4.69) is 22.1 Å². The Balaban J connectivity index is 1.22. The second-order valence-electron chi connectivity index (χ2n) is 7.78. The lowest BCUT2D eigenvalue weighted by molar-refractivity contribution is 0.0712. The van der Waals surface area contributed by atoms with Gasteiger partial charge < -0.3 is 9.47 Å². The van der Waals surface area contributed by atoms with Gasteiger partial charge in [0, 0.05) is 60.8 Å². The Kier molecular flexibility index (Phi) is 4.97. The number of fused-ring (bicyclic) bond motifs is 1. The molecule has 1 fully saturated rings. The van der Waals surface area contributed by atoms with Crippen LogP contribution in [0.15, 0.2) is 73.4 Å². The standard InChI is InChI=1S/C24H23N5O/c30-24(21-5-3-18(4-6-21)16-28-15-12-25-17-28)29-13-9-19(10-14-29)22-8-7-20-2-1-11-26-23(20)27-22/h1-8,11-12,15,17,19H,9-10,13-14,16H2. The van der Waals surface area contributed by atoms with Crippen LogP contribution in [-0.2, 0) is 6.54 Å². The Labute approximate surface area is 175 Å². The summed E-state index contributed by atoms with van der Waals surface area (Å²) in [5.74, 6) is 0.480. The average Bonchev–Trinajstić information content (AvgIpc) is 3.32.